The third-order valence-corrected chi connectivity index (χ3v) is 2.31. The van der Waals surface area contributed by atoms with Gasteiger partial charge in [0.25, 0.3) is 0 Å². The normalized spacial score (nSPS) is 24.3. The maximum Gasteiger partial charge on any atom is 0.323 e. The van der Waals surface area contributed by atoms with E-state index in [1.807, 2.05) is 6.92 Å². The van der Waals surface area contributed by atoms with Crippen molar-refractivity contribution in [3.63, 3.8) is 0 Å². The lowest BCUT2D eigenvalue weighted by atomic mass is 10.1. The average Bonchev–Trinajstić information content (AvgIpc) is 2.19. The molecule has 0 amide bonds. The average molecular weight is 201 g/mol. The second-order valence-corrected chi connectivity index (χ2v) is 3.71. The van der Waals surface area contributed by atoms with E-state index < -0.39 is 0 Å². The predicted molar refractivity (Wildman–Crippen MR) is 53.1 cm³/mol. The number of rotatable bonds is 4. The molecule has 0 spiro atoms. The molecule has 2 unspecified atom stereocenters. The van der Waals surface area contributed by atoms with E-state index in [1.54, 1.807) is 7.11 Å². The van der Waals surface area contributed by atoms with Gasteiger partial charge in [0.15, 0.2) is 0 Å². The summed E-state index contributed by atoms with van der Waals surface area (Å²) in [6, 6.07) is -0.108. The highest BCUT2D eigenvalue weighted by molar-refractivity contribution is 5.76. The first-order chi connectivity index (χ1) is 6.74. The number of nitrogens with one attached hydrogen (secondary N) is 1. The van der Waals surface area contributed by atoms with Crippen LogP contribution in [0.25, 0.3) is 0 Å². The Balaban J connectivity index is 2.25. The second-order valence-electron chi connectivity index (χ2n) is 3.71. The van der Waals surface area contributed by atoms with Crippen LogP contribution < -0.4 is 5.32 Å². The van der Waals surface area contributed by atoms with Crippen molar-refractivity contribution in [3.8, 4) is 0 Å². The first kappa shape index (κ1) is 11.5. The van der Waals surface area contributed by atoms with Crippen molar-refractivity contribution in [1.29, 1.82) is 0 Å². The third-order valence-electron chi connectivity index (χ3n) is 2.31. The highest BCUT2D eigenvalue weighted by Crippen LogP contribution is 2.09. The van der Waals surface area contributed by atoms with E-state index in [0.29, 0.717) is 6.61 Å². The van der Waals surface area contributed by atoms with Crippen LogP contribution in [-0.4, -0.2) is 38.4 Å². The van der Waals surface area contributed by atoms with E-state index in [-0.39, 0.29) is 18.1 Å². The quantitative estimate of drug-likeness (QED) is 0.680. The van der Waals surface area contributed by atoms with Gasteiger partial charge in [0.2, 0.25) is 0 Å². The number of hydrogen-bond acceptors (Lipinski definition) is 4. The Bertz CT molecular complexity index is 178. The summed E-state index contributed by atoms with van der Waals surface area (Å²) in [5.41, 5.74) is 0. The number of ether oxygens (including phenoxy) is 2. The number of methoxy groups -OCH3 is 1. The standard InChI is InChI=1S/C10H19NO3/c1-8(7-13-2)14-10(12)9-5-3-4-6-11-9/h8-9,11H,3-7H2,1-2H3. The molecule has 0 radical (unpaired) electrons. The van der Waals surface area contributed by atoms with Crippen molar-refractivity contribution < 1.29 is 14.3 Å². The fourth-order valence-corrected chi connectivity index (χ4v) is 1.60. The summed E-state index contributed by atoms with van der Waals surface area (Å²) in [6.45, 7) is 3.21. The summed E-state index contributed by atoms with van der Waals surface area (Å²) in [7, 11) is 1.60. The Morgan fingerprint density at radius 3 is 2.93 bits per heavy atom. The van der Waals surface area contributed by atoms with Crippen LogP contribution in [0.3, 0.4) is 0 Å². The number of hydrogen-bond donors (Lipinski definition) is 1. The van der Waals surface area contributed by atoms with Gasteiger partial charge >= 0.3 is 5.97 Å². The molecule has 1 heterocycles. The molecule has 0 bridgehead atoms. The summed E-state index contributed by atoms with van der Waals surface area (Å²) in [4.78, 5) is 11.5. The predicted octanol–water partition coefficient (Wildman–Crippen LogP) is 0.707. The smallest absolute Gasteiger partial charge is 0.323 e. The molecule has 1 N–H and O–H groups in total. The van der Waals surface area contributed by atoms with Gasteiger partial charge in [-0.15, -0.1) is 0 Å². The minimum absolute atomic E-state index is 0.108. The van der Waals surface area contributed by atoms with E-state index in [4.69, 9.17) is 9.47 Å². The Hall–Kier alpha value is -0.610. The zero-order valence-electron chi connectivity index (χ0n) is 8.91. The maximum atomic E-state index is 11.5. The number of carbonyl (C=O) groups excluding carboxylic acids is 1. The molecule has 0 aromatic rings. The minimum atomic E-state index is -0.156. The van der Waals surface area contributed by atoms with Gasteiger partial charge in [-0.1, -0.05) is 6.42 Å². The van der Waals surface area contributed by atoms with Crippen LogP contribution in [0.4, 0.5) is 0 Å². The van der Waals surface area contributed by atoms with Crippen molar-refractivity contribution in [1.82, 2.24) is 5.32 Å². The van der Waals surface area contributed by atoms with Crippen molar-refractivity contribution in [2.45, 2.75) is 38.3 Å². The molecular weight excluding hydrogens is 182 g/mol. The lowest BCUT2D eigenvalue weighted by Gasteiger charge is -2.23. The summed E-state index contributed by atoms with van der Waals surface area (Å²) < 4.78 is 10.1. The molecule has 1 fully saturated rings. The molecule has 4 heteroatoms. The van der Waals surface area contributed by atoms with Gasteiger partial charge in [-0.2, -0.15) is 0 Å². The highest BCUT2D eigenvalue weighted by Gasteiger charge is 2.23. The first-order valence-corrected chi connectivity index (χ1v) is 5.17. The molecule has 14 heavy (non-hydrogen) atoms. The van der Waals surface area contributed by atoms with E-state index in [0.717, 1.165) is 25.8 Å². The summed E-state index contributed by atoms with van der Waals surface area (Å²) >= 11 is 0. The Kier molecular flexibility index (Phi) is 4.90. The van der Waals surface area contributed by atoms with Gasteiger partial charge in [-0.25, -0.2) is 0 Å². The molecular formula is C10H19NO3. The molecule has 1 aliphatic rings. The molecule has 0 aromatic heterocycles. The van der Waals surface area contributed by atoms with E-state index in [2.05, 4.69) is 5.32 Å². The van der Waals surface area contributed by atoms with Crippen LogP contribution in [0.2, 0.25) is 0 Å². The molecule has 2 atom stereocenters. The molecule has 1 rings (SSSR count). The Labute approximate surface area is 85.0 Å². The van der Waals surface area contributed by atoms with E-state index in [9.17, 15) is 4.79 Å². The first-order valence-electron chi connectivity index (χ1n) is 5.17. The van der Waals surface area contributed by atoms with Gasteiger partial charge < -0.3 is 14.8 Å². The van der Waals surface area contributed by atoms with Gasteiger partial charge in [0.05, 0.1) is 6.61 Å². The van der Waals surface area contributed by atoms with Crippen LogP contribution in [0, 0.1) is 0 Å². The molecule has 0 aromatic carbocycles. The topological polar surface area (TPSA) is 47.6 Å². The zero-order chi connectivity index (χ0) is 10.4. The minimum Gasteiger partial charge on any atom is -0.459 e. The van der Waals surface area contributed by atoms with Gasteiger partial charge in [0.1, 0.15) is 12.1 Å². The summed E-state index contributed by atoms with van der Waals surface area (Å²) in [5.74, 6) is -0.144. The number of piperidine rings is 1. The van der Waals surface area contributed by atoms with Gasteiger partial charge in [-0.05, 0) is 26.3 Å². The van der Waals surface area contributed by atoms with Crippen molar-refractivity contribution >= 4 is 5.97 Å². The molecule has 0 aliphatic carbocycles. The monoisotopic (exact) mass is 201 g/mol. The lowest BCUT2D eigenvalue weighted by Crippen LogP contribution is -2.42. The van der Waals surface area contributed by atoms with Gasteiger partial charge in [0, 0.05) is 7.11 Å². The highest BCUT2D eigenvalue weighted by atomic mass is 16.6. The molecule has 4 nitrogen and oxygen atoms in total. The molecule has 1 aliphatic heterocycles. The van der Waals surface area contributed by atoms with Gasteiger partial charge in [-0.3, -0.25) is 4.79 Å². The third kappa shape index (κ3) is 3.64. The van der Waals surface area contributed by atoms with E-state index >= 15 is 0 Å². The summed E-state index contributed by atoms with van der Waals surface area (Å²) in [6.07, 6.45) is 2.98. The fraction of sp³-hybridized carbons (Fsp3) is 0.900. The Morgan fingerprint density at radius 2 is 2.36 bits per heavy atom. The zero-order valence-corrected chi connectivity index (χ0v) is 8.91. The second kappa shape index (κ2) is 5.98. The molecule has 82 valence electrons. The SMILES string of the molecule is COCC(C)OC(=O)C1CCCCN1. The summed E-state index contributed by atoms with van der Waals surface area (Å²) in [5, 5.41) is 3.15. The van der Waals surface area contributed by atoms with Crippen LogP contribution in [0.15, 0.2) is 0 Å². The van der Waals surface area contributed by atoms with Crippen molar-refractivity contribution in [2.24, 2.45) is 0 Å². The van der Waals surface area contributed by atoms with Crippen LogP contribution >= 0.6 is 0 Å². The van der Waals surface area contributed by atoms with Crippen molar-refractivity contribution in [2.75, 3.05) is 20.3 Å². The number of esters is 1. The van der Waals surface area contributed by atoms with E-state index in [1.165, 1.54) is 0 Å². The van der Waals surface area contributed by atoms with Crippen molar-refractivity contribution in [3.05, 3.63) is 0 Å². The fourth-order valence-electron chi connectivity index (χ4n) is 1.60. The van der Waals surface area contributed by atoms with Crippen LogP contribution in [0.1, 0.15) is 26.2 Å². The molecule has 1 saturated heterocycles. The number of carbonyl (C=O) groups is 1. The lowest BCUT2D eigenvalue weighted by molar-refractivity contribution is -0.153. The molecule has 0 saturated carbocycles. The largest absolute Gasteiger partial charge is 0.459 e. The Morgan fingerprint density at radius 1 is 1.57 bits per heavy atom. The maximum absolute atomic E-state index is 11.5. The van der Waals surface area contributed by atoms with Crippen LogP contribution in [-0.2, 0) is 14.3 Å². The van der Waals surface area contributed by atoms with Crippen LogP contribution in [0.5, 0.6) is 0 Å².